The predicted octanol–water partition coefficient (Wildman–Crippen LogP) is -0.410. The summed E-state index contributed by atoms with van der Waals surface area (Å²) in [5, 5.41) is 11.6. The maximum atomic E-state index is 8.71. The Balaban J connectivity index is 3.02. The summed E-state index contributed by atoms with van der Waals surface area (Å²) in [6.45, 7) is 0.769. The molecule has 8 heavy (non-hydrogen) atoms. The van der Waals surface area contributed by atoms with Crippen molar-refractivity contribution in [3.8, 4) is 12.3 Å². The first kappa shape index (κ1) is 7.48. The number of hydrogen-bond acceptors (Lipinski definition) is 2. The molecule has 46 valence electrons. The maximum Gasteiger partial charge on any atom is 0.115 e. The lowest BCUT2D eigenvalue weighted by Gasteiger charge is -1.99. The summed E-state index contributed by atoms with van der Waals surface area (Å²) in [5.74, 6) is 2.22. The van der Waals surface area contributed by atoms with Crippen LogP contribution in [0.15, 0.2) is 0 Å². The molecule has 2 heteroatoms. The second-order valence-electron chi connectivity index (χ2n) is 1.57. The molecule has 0 saturated carbocycles. The fraction of sp³-hybridized carbons (Fsp3) is 0.667. The van der Waals surface area contributed by atoms with Gasteiger partial charge in [0, 0.05) is 0 Å². The van der Waals surface area contributed by atoms with Crippen molar-refractivity contribution in [2.24, 2.45) is 0 Å². The zero-order valence-electron chi connectivity index (χ0n) is 5.02. The number of terminal acetylenes is 1. The Labute approximate surface area is 49.9 Å². The van der Waals surface area contributed by atoms with Gasteiger partial charge in [-0.3, -0.25) is 0 Å². The van der Waals surface area contributed by atoms with Crippen LogP contribution >= 0.6 is 0 Å². The van der Waals surface area contributed by atoms with E-state index >= 15 is 0 Å². The molecule has 0 aromatic rings. The number of aliphatic hydroxyl groups excluding tert-OH is 1. The minimum Gasteiger partial charge on any atom is -0.380 e. The second kappa shape index (κ2) is 4.63. The molecule has 2 N–H and O–H groups in total. The second-order valence-corrected chi connectivity index (χ2v) is 1.57. The van der Waals surface area contributed by atoms with Crippen molar-refractivity contribution in [1.29, 1.82) is 0 Å². The standard InChI is InChI=1S/C6H11NO/c1-3-6(8)4-5-7-2/h1,6-8H,4-5H2,2H3. The van der Waals surface area contributed by atoms with Crippen LogP contribution in [-0.4, -0.2) is 24.8 Å². The van der Waals surface area contributed by atoms with Gasteiger partial charge < -0.3 is 10.4 Å². The third-order valence-corrected chi connectivity index (χ3v) is 0.860. The largest absolute Gasteiger partial charge is 0.380 e. The molecule has 0 bridgehead atoms. The quantitative estimate of drug-likeness (QED) is 0.488. The molecular weight excluding hydrogens is 102 g/mol. The van der Waals surface area contributed by atoms with Crippen molar-refractivity contribution in [3.63, 3.8) is 0 Å². The highest BCUT2D eigenvalue weighted by molar-refractivity contribution is 4.92. The van der Waals surface area contributed by atoms with Crippen LogP contribution in [0, 0.1) is 12.3 Å². The molecule has 0 saturated heterocycles. The summed E-state index contributed by atoms with van der Waals surface area (Å²) < 4.78 is 0. The van der Waals surface area contributed by atoms with Crippen molar-refractivity contribution < 1.29 is 5.11 Å². The fourth-order valence-corrected chi connectivity index (χ4v) is 0.364. The molecular formula is C6H11NO. The molecule has 1 atom stereocenters. The van der Waals surface area contributed by atoms with E-state index in [1.54, 1.807) is 0 Å². The molecule has 0 aliphatic rings. The lowest BCUT2D eigenvalue weighted by molar-refractivity contribution is 0.222. The number of hydrogen-bond donors (Lipinski definition) is 2. The van der Waals surface area contributed by atoms with Crippen molar-refractivity contribution in [3.05, 3.63) is 0 Å². The molecule has 0 aliphatic heterocycles. The molecule has 0 spiro atoms. The lowest BCUT2D eigenvalue weighted by atomic mass is 10.3. The summed E-state index contributed by atoms with van der Waals surface area (Å²) >= 11 is 0. The van der Waals surface area contributed by atoms with E-state index in [2.05, 4.69) is 11.2 Å². The van der Waals surface area contributed by atoms with Gasteiger partial charge in [0.05, 0.1) is 0 Å². The van der Waals surface area contributed by atoms with Crippen LogP contribution in [0.2, 0.25) is 0 Å². The van der Waals surface area contributed by atoms with Gasteiger partial charge >= 0.3 is 0 Å². The monoisotopic (exact) mass is 113 g/mol. The summed E-state index contributed by atoms with van der Waals surface area (Å²) in [6.07, 6.45) is 4.94. The zero-order chi connectivity index (χ0) is 6.41. The van der Waals surface area contributed by atoms with E-state index in [4.69, 9.17) is 11.5 Å². The highest BCUT2D eigenvalue weighted by Gasteiger charge is 1.93. The molecule has 0 heterocycles. The Bertz CT molecular complexity index is 85.0. The topological polar surface area (TPSA) is 32.3 Å². The molecule has 0 aliphatic carbocycles. The first-order chi connectivity index (χ1) is 3.81. The Morgan fingerprint density at radius 2 is 2.50 bits per heavy atom. The Morgan fingerprint density at radius 3 is 2.88 bits per heavy atom. The van der Waals surface area contributed by atoms with Crippen LogP contribution in [0.25, 0.3) is 0 Å². The van der Waals surface area contributed by atoms with E-state index in [-0.39, 0.29) is 0 Å². The first-order valence-corrected chi connectivity index (χ1v) is 2.60. The Hall–Kier alpha value is -0.520. The third-order valence-electron chi connectivity index (χ3n) is 0.860. The molecule has 0 amide bonds. The van der Waals surface area contributed by atoms with E-state index in [9.17, 15) is 0 Å². The highest BCUT2D eigenvalue weighted by atomic mass is 16.3. The van der Waals surface area contributed by atoms with Crippen LogP contribution in [0.5, 0.6) is 0 Å². The van der Waals surface area contributed by atoms with Gasteiger partial charge in [0.15, 0.2) is 0 Å². The number of aliphatic hydroxyl groups is 1. The summed E-state index contributed by atoms with van der Waals surface area (Å²) in [7, 11) is 1.82. The molecule has 0 aromatic heterocycles. The normalized spacial score (nSPS) is 12.6. The third kappa shape index (κ3) is 3.66. The van der Waals surface area contributed by atoms with Gasteiger partial charge in [-0.15, -0.1) is 6.42 Å². The number of rotatable bonds is 3. The van der Waals surface area contributed by atoms with E-state index in [0.29, 0.717) is 6.42 Å². The molecule has 0 aromatic carbocycles. The number of nitrogens with one attached hydrogen (secondary N) is 1. The van der Waals surface area contributed by atoms with Gasteiger partial charge in [-0.1, -0.05) is 5.92 Å². The van der Waals surface area contributed by atoms with Crippen LogP contribution < -0.4 is 5.32 Å². The Kier molecular flexibility index (Phi) is 4.33. The minimum atomic E-state index is -0.581. The fourth-order valence-electron chi connectivity index (χ4n) is 0.364. The SMILES string of the molecule is C#CC(O)CCNC. The molecule has 0 fully saturated rings. The smallest absolute Gasteiger partial charge is 0.115 e. The van der Waals surface area contributed by atoms with Crippen molar-refractivity contribution >= 4 is 0 Å². The predicted molar refractivity (Wildman–Crippen MR) is 33.4 cm³/mol. The summed E-state index contributed by atoms with van der Waals surface area (Å²) in [4.78, 5) is 0. The van der Waals surface area contributed by atoms with Gasteiger partial charge in [-0.2, -0.15) is 0 Å². The van der Waals surface area contributed by atoms with Crippen LogP contribution in [0.4, 0.5) is 0 Å². The van der Waals surface area contributed by atoms with Gasteiger partial charge in [0.2, 0.25) is 0 Å². The van der Waals surface area contributed by atoms with E-state index < -0.39 is 6.10 Å². The van der Waals surface area contributed by atoms with Gasteiger partial charge in [-0.25, -0.2) is 0 Å². The van der Waals surface area contributed by atoms with E-state index in [1.165, 1.54) is 0 Å². The summed E-state index contributed by atoms with van der Waals surface area (Å²) in [6, 6.07) is 0. The Morgan fingerprint density at radius 1 is 1.88 bits per heavy atom. The highest BCUT2D eigenvalue weighted by Crippen LogP contribution is 1.84. The maximum absolute atomic E-state index is 8.71. The average Bonchev–Trinajstić information content (AvgIpc) is 1.83. The minimum absolute atomic E-state index is 0.581. The van der Waals surface area contributed by atoms with E-state index in [1.807, 2.05) is 7.05 Å². The molecule has 2 nitrogen and oxygen atoms in total. The van der Waals surface area contributed by atoms with Crippen LogP contribution in [0.3, 0.4) is 0 Å². The van der Waals surface area contributed by atoms with Crippen molar-refractivity contribution in [2.45, 2.75) is 12.5 Å². The zero-order valence-corrected chi connectivity index (χ0v) is 5.02. The first-order valence-electron chi connectivity index (χ1n) is 2.60. The summed E-state index contributed by atoms with van der Waals surface area (Å²) in [5.41, 5.74) is 0. The van der Waals surface area contributed by atoms with E-state index in [0.717, 1.165) is 6.54 Å². The van der Waals surface area contributed by atoms with Gasteiger partial charge in [-0.05, 0) is 20.0 Å². The molecule has 0 radical (unpaired) electrons. The van der Waals surface area contributed by atoms with Crippen LogP contribution in [-0.2, 0) is 0 Å². The van der Waals surface area contributed by atoms with Gasteiger partial charge in [0.1, 0.15) is 6.10 Å². The average molecular weight is 113 g/mol. The molecule has 1 unspecified atom stereocenters. The van der Waals surface area contributed by atoms with Crippen LogP contribution in [0.1, 0.15) is 6.42 Å². The lowest BCUT2D eigenvalue weighted by Crippen LogP contribution is -2.14. The van der Waals surface area contributed by atoms with Crippen molar-refractivity contribution in [2.75, 3.05) is 13.6 Å². The van der Waals surface area contributed by atoms with Crippen molar-refractivity contribution in [1.82, 2.24) is 5.32 Å². The molecule has 0 rings (SSSR count). The van der Waals surface area contributed by atoms with Gasteiger partial charge in [0.25, 0.3) is 0 Å².